The molecule has 0 saturated carbocycles. The molecular formula is C15H9ClN2O. The van der Waals surface area contributed by atoms with Gasteiger partial charge in [0.05, 0.1) is 16.1 Å². The molecule has 0 saturated heterocycles. The van der Waals surface area contributed by atoms with Crippen LogP contribution in [-0.4, -0.2) is 15.8 Å². The minimum Gasteiger partial charge on any atom is -0.287 e. The topological polar surface area (TPSA) is 42.9 Å². The number of hydrogen-bond acceptors (Lipinski definition) is 3. The van der Waals surface area contributed by atoms with Crippen molar-refractivity contribution in [2.75, 3.05) is 0 Å². The third-order valence-corrected chi connectivity index (χ3v) is 3.06. The standard InChI is InChI=1S/C15H9ClN2O/c16-11-6-7-13(18-9-11)15(19)12-5-1-3-10-4-2-8-17-14(10)12/h1-9H. The lowest BCUT2D eigenvalue weighted by atomic mass is 10.0. The molecule has 0 aliphatic carbocycles. The molecule has 0 amide bonds. The predicted molar refractivity (Wildman–Crippen MR) is 74.4 cm³/mol. The molecule has 0 unspecified atom stereocenters. The van der Waals surface area contributed by atoms with Crippen molar-refractivity contribution in [2.45, 2.75) is 0 Å². The first kappa shape index (κ1) is 11.8. The summed E-state index contributed by atoms with van der Waals surface area (Å²) in [5.74, 6) is -0.152. The molecule has 92 valence electrons. The minimum atomic E-state index is -0.152. The molecule has 3 aromatic rings. The second kappa shape index (κ2) is 4.78. The van der Waals surface area contributed by atoms with Crippen molar-refractivity contribution in [3.05, 3.63) is 71.1 Å². The minimum absolute atomic E-state index is 0.152. The largest absolute Gasteiger partial charge is 0.287 e. The number of hydrogen-bond donors (Lipinski definition) is 0. The van der Waals surface area contributed by atoms with E-state index in [0.717, 1.165) is 5.39 Å². The molecule has 0 atom stereocenters. The molecule has 1 aromatic carbocycles. The molecule has 4 heteroatoms. The fourth-order valence-electron chi connectivity index (χ4n) is 1.94. The predicted octanol–water partition coefficient (Wildman–Crippen LogP) is 3.51. The average molecular weight is 269 g/mol. The first-order chi connectivity index (χ1) is 9.25. The maximum absolute atomic E-state index is 12.4. The number of halogens is 1. The van der Waals surface area contributed by atoms with Crippen LogP contribution in [0.3, 0.4) is 0 Å². The van der Waals surface area contributed by atoms with Gasteiger partial charge in [-0.3, -0.25) is 14.8 Å². The van der Waals surface area contributed by atoms with Crippen LogP contribution in [0, 0.1) is 0 Å². The lowest BCUT2D eigenvalue weighted by Gasteiger charge is -2.04. The molecule has 3 rings (SSSR count). The highest BCUT2D eigenvalue weighted by molar-refractivity contribution is 6.30. The van der Waals surface area contributed by atoms with Crippen LogP contribution in [-0.2, 0) is 0 Å². The Kier molecular flexibility index (Phi) is 2.97. The number of nitrogens with zero attached hydrogens (tertiary/aromatic N) is 2. The zero-order valence-corrected chi connectivity index (χ0v) is 10.6. The van der Waals surface area contributed by atoms with Gasteiger partial charge in [-0.1, -0.05) is 29.8 Å². The van der Waals surface area contributed by atoms with Crippen LogP contribution in [0.2, 0.25) is 5.02 Å². The summed E-state index contributed by atoms with van der Waals surface area (Å²) in [7, 11) is 0. The highest BCUT2D eigenvalue weighted by atomic mass is 35.5. The Bertz CT molecular complexity index is 748. The van der Waals surface area contributed by atoms with E-state index in [1.807, 2.05) is 24.3 Å². The van der Waals surface area contributed by atoms with Crippen LogP contribution in [0.15, 0.2) is 54.9 Å². The number of para-hydroxylation sites is 1. The third kappa shape index (κ3) is 2.20. The van der Waals surface area contributed by atoms with Crippen LogP contribution >= 0.6 is 11.6 Å². The van der Waals surface area contributed by atoms with E-state index in [0.29, 0.717) is 21.8 Å². The van der Waals surface area contributed by atoms with E-state index >= 15 is 0 Å². The molecule has 19 heavy (non-hydrogen) atoms. The van der Waals surface area contributed by atoms with Gasteiger partial charge >= 0.3 is 0 Å². The summed E-state index contributed by atoms with van der Waals surface area (Å²) in [4.78, 5) is 20.7. The highest BCUT2D eigenvalue weighted by Crippen LogP contribution is 2.19. The van der Waals surface area contributed by atoms with Gasteiger partial charge in [-0.05, 0) is 24.3 Å². The highest BCUT2D eigenvalue weighted by Gasteiger charge is 2.14. The van der Waals surface area contributed by atoms with Crippen LogP contribution in [0.4, 0.5) is 0 Å². The Balaban J connectivity index is 2.14. The smallest absolute Gasteiger partial charge is 0.213 e. The first-order valence-electron chi connectivity index (χ1n) is 5.76. The van der Waals surface area contributed by atoms with Gasteiger partial charge in [0.1, 0.15) is 5.69 Å². The molecule has 0 bridgehead atoms. The van der Waals surface area contributed by atoms with Crippen molar-refractivity contribution in [2.24, 2.45) is 0 Å². The number of carbonyl (C=O) groups excluding carboxylic acids is 1. The molecule has 0 spiro atoms. The van der Waals surface area contributed by atoms with Crippen molar-refractivity contribution in [3.63, 3.8) is 0 Å². The number of ketones is 1. The summed E-state index contributed by atoms with van der Waals surface area (Å²) < 4.78 is 0. The molecule has 0 radical (unpaired) electrons. The number of carbonyl (C=O) groups is 1. The Labute approximate surface area is 114 Å². The van der Waals surface area contributed by atoms with Crippen LogP contribution < -0.4 is 0 Å². The van der Waals surface area contributed by atoms with Crippen LogP contribution in [0.5, 0.6) is 0 Å². The number of rotatable bonds is 2. The van der Waals surface area contributed by atoms with Crippen LogP contribution in [0.25, 0.3) is 10.9 Å². The quantitative estimate of drug-likeness (QED) is 0.668. The molecule has 0 fully saturated rings. The third-order valence-electron chi connectivity index (χ3n) is 2.84. The fourth-order valence-corrected chi connectivity index (χ4v) is 2.05. The Morgan fingerprint density at radius 3 is 2.63 bits per heavy atom. The van der Waals surface area contributed by atoms with Crippen molar-refractivity contribution < 1.29 is 4.79 Å². The van der Waals surface area contributed by atoms with Crippen LogP contribution in [0.1, 0.15) is 16.1 Å². The van der Waals surface area contributed by atoms with E-state index in [1.165, 1.54) is 6.20 Å². The monoisotopic (exact) mass is 268 g/mol. The van der Waals surface area contributed by atoms with Crippen molar-refractivity contribution in [3.8, 4) is 0 Å². The van der Waals surface area contributed by atoms with Crippen molar-refractivity contribution in [1.29, 1.82) is 0 Å². The second-order valence-corrected chi connectivity index (χ2v) is 4.51. The summed E-state index contributed by atoms with van der Waals surface area (Å²) in [6, 6.07) is 12.6. The van der Waals surface area contributed by atoms with Gasteiger partial charge in [0.25, 0.3) is 0 Å². The summed E-state index contributed by atoms with van der Waals surface area (Å²) in [6.45, 7) is 0. The molecular weight excluding hydrogens is 260 g/mol. The number of pyridine rings is 2. The summed E-state index contributed by atoms with van der Waals surface area (Å²) in [6.07, 6.45) is 3.14. The van der Waals surface area contributed by atoms with E-state index in [1.54, 1.807) is 24.4 Å². The zero-order chi connectivity index (χ0) is 13.2. The summed E-state index contributed by atoms with van der Waals surface area (Å²) >= 11 is 5.77. The lowest BCUT2D eigenvalue weighted by molar-refractivity contribution is 0.103. The fraction of sp³-hybridized carbons (Fsp3) is 0. The SMILES string of the molecule is O=C(c1ccc(Cl)cn1)c1cccc2cccnc12. The van der Waals surface area contributed by atoms with Gasteiger partial charge in [-0.25, -0.2) is 0 Å². The summed E-state index contributed by atoms with van der Waals surface area (Å²) in [5, 5.41) is 1.44. The number of benzene rings is 1. The number of fused-ring (bicyclic) bond motifs is 1. The van der Waals surface area contributed by atoms with E-state index < -0.39 is 0 Å². The Hall–Kier alpha value is -2.26. The molecule has 0 N–H and O–H groups in total. The van der Waals surface area contributed by atoms with Crippen molar-refractivity contribution in [1.82, 2.24) is 9.97 Å². The van der Waals surface area contributed by atoms with Gasteiger partial charge in [-0.15, -0.1) is 0 Å². The van der Waals surface area contributed by atoms with E-state index in [2.05, 4.69) is 9.97 Å². The Morgan fingerprint density at radius 1 is 1.00 bits per heavy atom. The van der Waals surface area contributed by atoms with Crippen molar-refractivity contribution >= 4 is 28.3 Å². The zero-order valence-electron chi connectivity index (χ0n) is 9.88. The molecule has 3 nitrogen and oxygen atoms in total. The maximum Gasteiger partial charge on any atom is 0.213 e. The molecule has 0 aliphatic heterocycles. The van der Waals surface area contributed by atoms with Gasteiger partial charge in [0.2, 0.25) is 5.78 Å². The van der Waals surface area contributed by atoms with Gasteiger partial charge in [0.15, 0.2) is 0 Å². The van der Waals surface area contributed by atoms with E-state index in [4.69, 9.17) is 11.6 Å². The maximum atomic E-state index is 12.4. The second-order valence-electron chi connectivity index (χ2n) is 4.07. The van der Waals surface area contributed by atoms with E-state index in [9.17, 15) is 4.79 Å². The molecule has 0 aliphatic rings. The normalized spacial score (nSPS) is 10.6. The number of aromatic nitrogens is 2. The molecule has 2 aromatic heterocycles. The molecule has 2 heterocycles. The Morgan fingerprint density at radius 2 is 1.84 bits per heavy atom. The van der Waals surface area contributed by atoms with Gasteiger partial charge < -0.3 is 0 Å². The van der Waals surface area contributed by atoms with E-state index in [-0.39, 0.29) is 5.78 Å². The average Bonchev–Trinajstić information content (AvgIpc) is 2.47. The van der Waals surface area contributed by atoms with Gasteiger partial charge in [-0.2, -0.15) is 0 Å². The van der Waals surface area contributed by atoms with Gasteiger partial charge in [0, 0.05) is 17.8 Å². The lowest BCUT2D eigenvalue weighted by Crippen LogP contribution is -2.05. The summed E-state index contributed by atoms with van der Waals surface area (Å²) in [5.41, 5.74) is 1.60. The first-order valence-corrected chi connectivity index (χ1v) is 6.13.